The van der Waals surface area contributed by atoms with Gasteiger partial charge in [-0.25, -0.2) is 19.6 Å². The molecule has 0 spiro atoms. The normalized spacial score (nSPS) is 17.6. The van der Waals surface area contributed by atoms with Gasteiger partial charge in [0.1, 0.15) is 23.7 Å². The van der Waals surface area contributed by atoms with E-state index >= 15 is 0 Å². The Balaban J connectivity index is 0.909. The second-order valence-corrected chi connectivity index (χ2v) is 15.2. The highest BCUT2D eigenvalue weighted by molar-refractivity contribution is 5.88. The zero-order chi connectivity index (χ0) is 41.6. The number of amides is 4. The first-order valence-electron chi connectivity index (χ1n) is 20.3. The predicted molar refractivity (Wildman–Crippen MR) is 226 cm³/mol. The van der Waals surface area contributed by atoms with Crippen molar-refractivity contribution >= 4 is 46.1 Å². The lowest BCUT2D eigenvalue weighted by molar-refractivity contribution is -0.135. The number of hydrogen-bond acceptors (Lipinski definition) is 8. The molecular weight excluding hydrogens is 761 g/mol. The third-order valence-corrected chi connectivity index (χ3v) is 11.4. The average molecular weight is 809 g/mol. The fraction of sp³-hybridized carbons (Fsp3) is 0.304. The van der Waals surface area contributed by atoms with Gasteiger partial charge in [-0.05, 0) is 85.0 Å². The van der Waals surface area contributed by atoms with E-state index < -0.39 is 24.3 Å². The molecule has 4 amide bonds. The Kier molecular flexibility index (Phi) is 11.9. The Hall–Kier alpha value is -6.96. The predicted octanol–water partition coefficient (Wildman–Crippen LogP) is 7.30. The van der Waals surface area contributed by atoms with Crippen molar-refractivity contribution in [2.45, 2.75) is 62.7 Å². The number of ether oxygens (including phenoxy) is 2. The summed E-state index contributed by atoms with van der Waals surface area (Å²) in [5.74, 6) is 1.04. The van der Waals surface area contributed by atoms with E-state index in [2.05, 4.69) is 57.0 Å². The molecule has 14 nitrogen and oxygen atoms in total. The summed E-state index contributed by atoms with van der Waals surface area (Å²) in [6, 6.07) is 28.5. The maximum Gasteiger partial charge on any atom is 0.407 e. The molecule has 0 radical (unpaired) electrons. The maximum absolute atomic E-state index is 13.9. The molecule has 4 aromatic carbocycles. The molecule has 0 bridgehead atoms. The fourth-order valence-electron chi connectivity index (χ4n) is 8.34. The quantitative estimate of drug-likeness (QED) is 0.0932. The van der Waals surface area contributed by atoms with Gasteiger partial charge in [-0.3, -0.25) is 9.59 Å². The van der Waals surface area contributed by atoms with Gasteiger partial charge in [-0.1, -0.05) is 84.9 Å². The molecule has 2 saturated heterocycles. The van der Waals surface area contributed by atoms with E-state index in [9.17, 15) is 19.2 Å². The molecule has 2 fully saturated rings. The lowest BCUT2D eigenvalue weighted by Gasteiger charge is -2.28. The van der Waals surface area contributed by atoms with Crippen molar-refractivity contribution in [3.8, 4) is 0 Å². The number of hydrogen-bond donors (Lipinski definition) is 4. The van der Waals surface area contributed by atoms with Crippen molar-refractivity contribution < 1.29 is 28.7 Å². The summed E-state index contributed by atoms with van der Waals surface area (Å²) < 4.78 is 9.67. The maximum atomic E-state index is 13.9. The van der Waals surface area contributed by atoms with Crippen LogP contribution in [0.25, 0.3) is 22.1 Å². The van der Waals surface area contributed by atoms with Crippen molar-refractivity contribution in [2.75, 3.05) is 27.3 Å². The number of carbonyl (C=O) groups is 4. The number of benzene rings is 4. The minimum Gasteiger partial charge on any atom is -0.453 e. The van der Waals surface area contributed by atoms with Gasteiger partial charge in [0.25, 0.3) is 11.8 Å². The number of alkyl carbamates (subject to hydrolysis) is 2. The number of fused-ring (bicyclic) bond motifs is 2. The van der Waals surface area contributed by atoms with Crippen LogP contribution in [-0.2, 0) is 31.9 Å². The van der Waals surface area contributed by atoms with Crippen LogP contribution in [0.3, 0.4) is 0 Å². The molecule has 2 aliphatic rings. The first-order chi connectivity index (χ1) is 29.3. The Morgan fingerprint density at radius 1 is 0.650 bits per heavy atom. The number of carbonyl (C=O) groups excluding carboxylic acids is 4. The van der Waals surface area contributed by atoms with Gasteiger partial charge in [0.15, 0.2) is 0 Å². The summed E-state index contributed by atoms with van der Waals surface area (Å²) in [6.07, 6.45) is 7.61. The van der Waals surface area contributed by atoms with Crippen LogP contribution in [0.15, 0.2) is 109 Å². The molecule has 0 saturated carbocycles. The zero-order valence-corrected chi connectivity index (χ0v) is 33.6. The third kappa shape index (κ3) is 8.58. The highest BCUT2D eigenvalue weighted by atomic mass is 16.5. The highest BCUT2D eigenvalue weighted by Crippen LogP contribution is 2.36. The first kappa shape index (κ1) is 39.8. The SMILES string of the molecule is COC(=O)N[C@H](C(=O)N1CCC[C@H]1c1nc2ccc(C/C=C/Cc3ccc4nc([C@@H]5CCCN5C(=O)[C@@H](NC(=O)OC)c5ccccc5)[nH]c4c3)cc2[nH]1)c1ccccc1. The summed E-state index contributed by atoms with van der Waals surface area (Å²) in [6.45, 7) is 1.12. The number of nitrogens with zero attached hydrogens (tertiary/aromatic N) is 4. The van der Waals surface area contributed by atoms with Crippen LogP contribution in [0.2, 0.25) is 0 Å². The van der Waals surface area contributed by atoms with E-state index in [1.807, 2.05) is 72.8 Å². The molecule has 0 unspecified atom stereocenters. The summed E-state index contributed by atoms with van der Waals surface area (Å²) in [4.78, 5) is 72.6. The van der Waals surface area contributed by atoms with Crippen molar-refractivity contribution in [3.63, 3.8) is 0 Å². The van der Waals surface area contributed by atoms with Crippen molar-refractivity contribution in [3.05, 3.63) is 143 Å². The average Bonchev–Trinajstić information content (AvgIpc) is 4.12. The summed E-state index contributed by atoms with van der Waals surface area (Å²) >= 11 is 0. The topological polar surface area (TPSA) is 175 Å². The van der Waals surface area contributed by atoms with E-state index in [1.165, 1.54) is 14.2 Å². The number of allylic oxidation sites excluding steroid dienone is 2. The van der Waals surface area contributed by atoms with Gasteiger partial charge >= 0.3 is 12.2 Å². The minimum atomic E-state index is -0.876. The number of aromatic nitrogens is 4. The standard InChI is InChI=1S/C46H48N8O6/c1-59-45(57)51-39(31-15-5-3-6-16-31)43(55)53-25-11-19-37(53)41-47-33-23-21-29(27-35(33)49-41)13-9-10-14-30-22-24-34-36(28-30)50-42(48-34)38-20-12-26-54(38)44(56)40(52-46(58)60-2)32-17-7-4-8-18-32/h3-10,15-18,21-24,27-28,37-40H,11-14,19-20,25-26H2,1-2H3,(H,47,49)(H,48,50)(H,51,57)(H,52,58)/b10-9+/t37-,38-,39-,40-/m0/s1. The van der Waals surface area contributed by atoms with Crippen LogP contribution < -0.4 is 10.6 Å². The molecule has 0 aliphatic carbocycles. The van der Waals surface area contributed by atoms with E-state index in [0.717, 1.165) is 83.4 Å². The lowest BCUT2D eigenvalue weighted by Crippen LogP contribution is -2.42. The molecule has 6 aromatic rings. The highest BCUT2D eigenvalue weighted by Gasteiger charge is 2.38. The van der Waals surface area contributed by atoms with E-state index in [4.69, 9.17) is 19.4 Å². The Morgan fingerprint density at radius 2 is 1.07 bits per heavy atom. The second-order valence-electron chi connectivity index (χ2n) is 15.2. The molecule has 2 aromatic heterocycles. The first-order valence-corrected chi connectivity index (χ1v) is 20.3. The summed E-state index contributed by atoms with van der Waals surface area (Å²) in [5.41, 5.74) is 7.08. The van der Waals surface area contributed by atoms with Crippen LogP contribution in [0.5, 0.6) is 0 Å². The Labute approximate surface area is 347 Å². The van der Waals surface area contributed by atoms with Gasteiger partial charge < -0.3 is 39.9 Å². The minimum absolute atomic E-state index is 0.205. The molecule has 4 N–H and O–H groups in total. The molecule has 8 rings (SSSR count). The number of nitrogens with one attached hydrogen (secondary N) is 4. The number of methoxy groups -OCH3 is 2. The molecule has 2 aliphatic heterocycles. The van der Waals surface area contributed by atoms with Gasteiger partial charge in [0.05, 0.1) is 48.4 Å². The third-order valence-electron chi connectivity index (χ3n) is 11.4. The van der Waals surface area contributed by atoms with Gasteiger partial charge in [0, 0.05) is 13.1 Å². The summed E-state index contributed by atoms with van der Waals surface area (Å²) in [5, 5.41) is 5.44. The molecule has 60 heavy (non-hydrogen) atoms. The van der Waals surface area contributed by atoms with Crippen molar-refractivity contribution in [1.82, 2.24) is 40.4 Å². The van der Waals surface area contributed by atoms with E-state index in [1.54, 1.807) is 9.80 Å². The number of likely N-dealkylation sites (tertiary alicyclic amines) is 2. The monoisotopic (exact) mass is 808 g/mol. The molecular formula is C46H48N8O6. The molecule has 308 valence electrons. The number of imidazole rings is 2. The fourth-order valence-corrected chi connectivity index (χ4v) is 8.34. The van der Waals surface area contributed by atoms with Crippen LogP contribution in [0.1, 0.15) is 83.8 Å². The van der Waals surface area contributed by atoms with Gasteiger partial charge in [-0.15, -0.1) is 0 Å². The van der Waals surface area contributed by atoms with Crippen LogP contribution >= 0.6 is 0 Å². The molecule has 4 heterocycles. The number of rotatable bonds is 12. The van der Waals surface area contributed by atoms with Crippen LogP contribution in [-0.4, -0.2) is 81.0 Å². The number of aromatic amines is 2. The van der Waals surface area contributed by atoms with E-state index in [-0.39, 0.29) is 23.9 Å². The van der Waals surface area contributed by atoms with Crippen molar-refractivity contribution in [2.24, 2.45) is 0 Å². The number of H-pyrrole nitrogens is 2. The molecule has 4 atom stereocenters. The molecule has 14 heteroatoms. The van der Waals surface area contributed by atoms with Crippen molar-refractivity contribution in [1.29, 1.82) is 0 Å². The second kappa shape index (κ2) is 17.9. The lowest BCUT2D eigenvalue weighted by atomic mass is 10.1. The van der Waals surface area contributed by atoms with E-state index in [0.29, 0.717) is 24.2 Å². The summed E-state index contributed by atoms with van der Waals surface area (Å²) in [7, 11) is 2.57. The smallest absolute Gasteiger partial charge is 0.407 e. The largest absolute Gasteiger partial charge is 0.453 e. The Morgan fingerprint density at radius 3 is 1.47 bits per heavy atom. The zero-order valence-electron chi connectivity index (χ0n) is 33.6. The van der Waals surface area contributed by atoms with Gasteiger partial charge in [0.2, 0.25) is 0 Å². The van der Waals surface area contributed by atoms with Crippen LogP contribution in [0.4, 0.5) is 9.59 Å². The van der Waals surface area contributed by atoms with Gasteiger partial charge in [-0.2, -0.15) is 0 Å². The van der Waals surface area contributed by atoms with Crippen LogP contribution in [0, 0.1) is 0 Å². The Bertz CT molecular complexity index is 2340.